The molecule has 23 heavy (non-hydrogen) atoms. The number of hydrogen-bond donors (Lipinski definition) is 1. The van der Waals surface area contributed by atoms with Crippen LogP contribution in [0.3, 0.4) is 0 Å². The summed E-state index contributed by atoms with van der Waals surface area (Å²) in [5.74, 6) is -0.00499. The maximum Gasteiger partial charge on any atom is 0.318 e. The fourth-order valence-electron chi connectivity index (χ4n) is 3.60. The number of nitrogens with zero attached hydrogens (tertiary/aromatic N) is 2. The molecular weight excluding hydrogens is 290 g/mol. The maximum absolute atomic E-state index is 12.6. The van der Waals surface area contributed by atoms with Gasteiger partial charge in [-0.05, 0) is 44.2 Å². The summed E-state index contributed by atoms with van der Waals surface area (Å²) >= 11 is 0. The average Bonchev–Trinajstić information content (AvgIpc) is 2.96. The van der Waals surface area contributed by atoms with Crippen molar-refractivity contribution in [1.82, 2.24) is 10.2 Å². The van der Waals surface area contributed by atoms with Crippen LogP contribution >= 0.6 is 0 Å². The molecule has 0 aliphatic carbocycles. The van der Waals surface area contributed by atoms with Gasteiger partial charge in [-0.15, -0.1) is 0 Å². The first-order chi connectivity index (χ1) is 11.2. The molecule has 5 heteroatoms. The van der Waals surface area contributed by atoms with E-state index in [1.54, 1.807) is 4.90 Å². The third-order valence-corrected chi connectivity index (χ3v) is 4.93. The molecule has 2 saturated heterocycles. The quantitative estimate of drug-likeness (QED) is 0.932. The lowest BCUT2D eigenvalue weighted by atomic mass is 10.0. The number of amides is 3. The molecule has 124 valence electrons. The number of anilines is 1. The van der Waals surface area contributed by atoms with Gasteiger partial charge in [0.05, 0.1) is 0 Å². The van der Waals surface area contributed by atoms with Gasteiger partial charge in [-0.2, -0.15) is 0 Å². The molecule has 3 amide bonds. The number of nitrogens with one attached hydrogen (secondary N) is 1. The topological polar surface area (TPSA) is 52.7 Å². The van der Waals surface area contributed by atoms with Crippen molar-refractivity contribution in [1.29, 1.82) is 0 Å². The molecule has 2 atom stereocenters. The predicted octanol–water partition coefficient (Wildman–Crippen LogP) is 2.77. The first-order valence-electron chi connectivity index (χ1n) is 8.64. The van der Waals surface area contributed by atoms with Gasteiger partial charge in [0.2, 0.25) is 5.91 Å². The van der Waals surface area contributed by atoms with Crippen LogP contribution in [0.15, 0.2) is 30.3 Å². The SMILES string of the molecule is CC[C@@H]1CCCCN1C(=O)N[C@@H]1CCN(c2ccccc2)C1=O. The van der Waals surface area contributed by atoms with Crippen molar-refractivity contribution < 1.29 is 9.59 Å². The average molecular weight is 315 g/mol. The predicted molar refractivity (Wildman–Crippen MR) is 90.4 cm³/mol. The van der Waals surface area contributed by atoms with E-state index in [2.05, 4.69) is 12.2 Å². The number of hydrogen-bond acceptors (Lipinski definition) is 2. The van der Waals surface area contributed by atoms with Gasteiger partial charge in [0.1, 0.15) is 6.04 Å². The Morgan fingerprint density at radius 3 is 2.70 bits per heavy atom. The van der Waals surface area contributed by atoms with E-state index >= 15 is 0 Å². The van der Waals surface area contributed by atoms with Crippen LogP contribution in [0.5, 0.6) is 0 Å². The smallest absolute Gasteiger partial charge is 0.318 e. The highest BCUT2D eigenvalue weighted by Crippen LogP contribution is 2.23. The molecule has 0 spiro atoms. The Morgan fingerprint density at radius 1 is 1.17 bits per heavy atom. The van der Waals surface area contributed by atoms with Gasteiger partial charge in [0, 0.05) is 24.8 Å². The van der Waals surface area contributed by atoms with E-state index in [1.165, 1.54) is 6.42 Å². The minimum atomic E-state index is -0.401. The monoisotopic (exact) mass is 315 g/mol. The van der Waals surface area contributed by atoms with Crippen LogP contribution < -0.4 is 10.2 Å². The van der Waals surface area contributed by atoms with Gasteiger partial charge >= 0.3 is 6.03 Å². The van der Waals surface area contributed by atoms with Gasteiger partial charge < -0.3 is 15.1 Å². The largest absolute Gasteiger partial charge is 0.326 e. The Morgan fingerprint density at radius 2 is 1.96 bits per heavy atom. The summed E-state index contributed by atoms with van der Waals surface area (Å²) in [6, 6.07) is 9.48. The molecule has 1 N–H and O–H groups in total. The highest BCUT2D eigenvalue weighted by Gasteiger charge is 2.35. The summed E-state index contributed by atoms with van der Waals surface area (Å²) in [5, 5.41) is 2.96. The second-order valence-corrected chi connectivity index (χ2v) is 6.37. The van der Waals surface area contributed by atoms with Crippen LogP contribution in [0, 0.1) is 0 Å². The summed E-state index contributed by atoms with van der Waals surface area (Å²) in [6.07, 6.45) is 4.95. The van der Waals surface area contributed by atoms with Crippen LogP contribution in [-0.4, -0.2) is 42.0 Å². The van der Waals surface area contributed by atoms with Crippen LogP contribution in [0.25, 0.3) is 0 Å². The van der Waals surface area contributed by atoms with Crippen molar-refractivity contribution in [2.45, 2.75) is 51.1 Å². The molecule has 3 rings (SSSR count). The Bertz CT molecular complexity index is 561. The van der Waals surface area contributed by atoms with E-state index < -0.39 is 6.04 Å². The van der Waals surface area contributed by atoms with E-state index in [-0.39, 0.29) is 11.9 Å². The van der Waals surface area contributed by atoms with Crippen LogP contribution in [0.4, 0.5) is 10.5 Å². The molecular formula is C18H25N3O2. The highest BCUT2D eigenvalue weighted by atomic mass is 16.2. The van der Waals surface area contributed by atoms with Crippen molar-refractivity contribution in [2.24, 2.45) is 0 Å². The first-order valence-corrected chi connectivity index (χ1v) is 8.64. The molecule has 0 unspecified atom stereocenters. The Labute approximate surface area is 137 Å². The molecule has 0 saturated carbocycles. The molecule has 1 aromatic rings. The molecule has 2 heterocycles. The van der Waals surface area contributed by atoms with Crippen molar-refractivity contribution >= 4 is 17.6 Å². The van der Waals surface area contributed by atoms with Crippen LogP contribution in [0.2, 0.25) is 0 Å². The number of para-hydroxylation sites is 1. The molecule has 0 bridgehead atoms. The third-order valence-electron chi connectivity index (χ3n) is 4.93. The molecule has 2 fully saturated rings. The minimum absolute atomic E-state index is 0.00499. The van der Waals surface area contributed by atoms with E-state index in [9.17, 15) is 9.59 Å². The van der Waals surface area contributed by atoms with Crippen molar-refractivity contribution in [2.75, 3.05) is 18.0 Å². The second-order valence-electron chi connectivity index (χ2n) is 6.37. The van der Waals surface area contributed by atoms with Gasteiger partial charge in [0.15, 0.2) is 0 Å². The van der Waals surface area contributed by atoms with Crippen LogP contribution in [0.1, 0.15) is 39.0 Å². The standard InChI is InChI=1S/C18H25N3O2/c1-2-14-8-6-7-12-21(14)18(23)19-16-11-13-20(17(16)22)15-9-4-3-5-10-15/h3-5,9-10,14,16H,2,6-8,11-13H2,1H3,(H,19,23)/t14-,16-/m1/s1. The van der Waals surface area contributed by atoms with Crippen molar-refractivity contribution in [3.8, 4) is 0 Å². The summed E-state index contributed by atoms with van der Waals surface area (Å²) in [5.41, 5.74) is 0.902. The molecule has 2 aliphatic rings. The zero-order chi connectivity index (χ0) is 16.2. The number of urea groups is 1. The highest BCUT2D eigenvalue weighted by molar-refractivity contribution is 6.01. The number of benzene rings is 1. The van der Waals surface area contributed by atoms with Crippen molar-refractivity contribution in [3.05, 3.63) is 30.3 Å². The molecule has 5 nitrogen and oxygen atoms in total. The van der Waals surface area contributed by atoms with Crippen molar-refractivity contribution in [3.63, 3.8) is 0 Å². The molecule has 0 radical (unpaired) electrons. The van der Waals surface area contributed by atoms with Crippen LogP contribution in [-0.2, 0) is 4.79 Å². The lowest BCUT2D eigenvalue weighted by Crippen LogP contribution is -2.52. The van der Waals surface area contributed by atoms with E-state index in [0.29, 0.717) is 19.0 Å². The lowest BCUT2D eigenvalue weighted by molar-refractivity contribution is -0.118. The van der Waals surface area contributed by atoms with Gasteiger partial charge in [-0.25, -0.2) is 4.79 Å². The minimum Gasteiger partial charge on any atom is -0.326 e. The number of carbonyl (C=O) groups is 2. The van der Waals surface area contributed by atoms with E-state index in [4.69, 9.17) is 0 Å². The lowest BCUT2D eigenvalue weighted by Gasteiger charge is -2.35. The number of carbonyl (C=O) groups excluding carboxylic acids is 2. The zero-order valence-corrected chi connectivity index (χ0v) is 13.7. The maximum atomic E-state index is 12.6. The zero-order valence-electron chi connectivity index (χ0n) is 13.7. The number of likely N-dealkylation sites (tertiary alicyclic amines) is 1. The third kappa shape index (κ3) is 3.33. The fraction of sp³-hybridized carbons (Fsp3) is 0.556. The second kappa shape index (κ2) is 7.02. The first kappa shape index (κ1) is 15.8. The summed E-state index contributed by atoms with van der Waals surface area (Å²) in [4.78, 5) is 28.8. The van der Waals surface area contributed by atoms with Gasteiger partial charge in [-0.1, -0.05) is 25.1 Å². The molecule has 0 aromatic heterocycles. The normalized spacial score (nSPS) is 24.8. The Hall–Kier alpha value is -2.04. The van der Waals surface area contributed by atoms with E-state index in [1.807, 2.05) is 35.2 Å². The Kier molecular flexibility index (Phi) is 4.84. The number of piperidine rings is 1. The molecule has 1 aromatic carbocycles. The van der Waals surface area contributed by atoms with E-state index in [0.717, 1.165) is 31.5 Å². The summed E-state index contributed by atoms with van der Waals surface area (Å²) in [6.45, 7) is 3.58. The van der Waals surface area contributed by atoms with Gasteiger partial charge in [0.25, 0.3) is 0 Å². The molecule has 2 aliphatic heterocycles. The summed E-state index contributed by atoms with van der Waals surface area (Å²) in [7, 11) is 0. The number of rotatable bonds is 3. The Balaban J connectivity index is 1.62. The van der Waals surface area contributed by atoms with Gasteiger partial charge in [-0.3, -0.25) is 4.79 Å². The summed E-state index contributed by atoms with van der Waals surface area (Å²) < 4.78 is 0. The fourth-order valence-corrected chi connectivity index (χ4v) is 3.60.